The van der Waals surface area contributed by atoms with Gasteiger partial charge in [-0.3, -0.25) is 0 Å². The standard InChI is InChI=1S/5HI.Na/h5*1H;/q;;;;;+5/p-5. The van der Waals surface area contributed by atoms with Gasteiger partial charge in [0.25, 0.3) is 0 Å². The van der Waals surface area contributed by atoms with Crippen molar-refractivity contribution in [1.82, 2.24) is 0 Å². The van der Waals surface area contributed by atoms with Gasteiger partial charge < -0.3 is 0 Å². The van der Waals surface area contributed by atoms with Crippen LogP contribution < -0.4 is 0 Å². The van der Waals surface area contributed by atoms with E-state index in [-0.39, 0.29) is 0 Å². The monoisotopic (exact) mass is 658 g/mol. The molecule has 2 radical (unpaired) electrons. The van der Waals surface area contributed by atoms with Crippen LogP contribution in [0.1, 0.15) is 0 Å². The number of halogens is 5. The van der Waals surface area contributed by atoms with E-state index in [0.29, 0.717) is 0 Å². The summed E-state index contributed by atoms with van der Waals surface area (Å²) in [6, 6.07) is 0. The van der Waals surface area contributed by atoms with E-state index >= 15 is 0 Å². The Labute approximate surface area is 80.8 Å². The van der Waals surface area contributed by atoms with Gasteiger partial charge in [-0.15, -0.1) is 0 Å². The Morgan fingerprint density at radius 1 is 0.667 bits per heavy atom. The Bertz CT molecular complexity index is 37.1. The van der Waals surface area contributed by atoms with Gasteiger partial charge in [0.05, 0.1) is 0 Å². The number of hydrogen-bond donors (Lipinski definition) is 0. The minimum absolute atomic E-state index is 2.00. The maximum atomic E-state index is 2.58. The Hall–Kier alpha value is 4.65. The molecule has 0 amide bonds. The van der Waals surface area contributed by atoms with Crippen LogP contribution in [0.15, 0.2) is 0 Å². The van der Waals surface area contributed by atoms with E-state index < -0.39 is -1.08 Å². The van der Waals surface area contributed by atoms with Gasteiger partial charge in [0.1, 0.15) is 0 Å². The van der Waals surface area contributed by atoms with Crippen LogP contribution in [0.2, 0.25) is 0 Å². The van der Waals surface area contributed by atoms with E-state index in [9.17, 15) is 0 Å². The van der Waals surface area contributed by atoms with E-state index in [0.717, 1.165) is 0 Å². The molecule has 0 saturated carbocycles. The molecule has 0 N–H and O–H groups in total. The Morgan fingerprint density at radius 2 is 0.667 bits per heavy atom. The molecule has 0 aliphatic rings. The van der Waals surface area contributed by atoms with E-state index in [2.05, 4.69) is 85.9 Å². The molecule has 0 aromatic carbocycles. The predicted molar refractivity (Wildman–Crippen MR) is 75.9 cm³/mol. The predicted octanol–water partition coefficient (Wildman–Crippen LogP) is 4.05. The summed E-state index contributed by atoms with van der Waals surface area (Å²) < 4.78 is -2.00. The molecule has 0 nitrogen and oxygen atoms in total. The summed E-state index contributed by atoms with van der Waals surface area (Å²) in [6.45, 7) is 0. The second-order valence-corrected chi connectivity index (χ2v) is 193. The fraction of sp³-hybridized carbons (Fsp3) is 0. The minimum atomic E-state index is -2.00. The van der Waals surface area contributed by atoms with Crippen LogP contribution in [0, 0.1) is 0 Å². The average molecular weight is 658 g/mol. The first-order valence-corrected chi connectivity index (χ1v) is 38.0. The summed E-state index contributed by atoms with van der Waals surface area (Å²) in [5, 5.41) is 0. The average Bonchev–Trinajstić information content (AvgIpc) is 0.650. The second kappa shape index (κ2) is 3.36. The van der Waals surface area contributed by atoms with Crippen LogP contribution in [-0.4, -0.2) is -1.08 Å². The van der Waals surface area contributed by atoms with E-state index in [1.54, 1.807) is 0 Å². The van der Waals surface area contributed by atoms with Gasteiger partial charge in [-0.25, -0.2) is 0 Å². The summed E-state index contributed by atoms with van der Waals surface area (Å²) >= 11 is 12.9. The molecule has 0 aliphatic carbocycles. The van der Waals surface area contributed by atoms with Crippen molar-refractivity contribution in [3.8, 4) is 0 Å². The zero-order valence-corrected chi connectivity index (χ0v) is 15.7. The Kier molecular flexibility index (Phi) is 5.97. The van der Waals surface area contributed by atoms with Crippen molar-refractivity contribution >= 4 is 84.8 Å². The number of hydrogen-bond acceptors (Lipinski definition) is 0. The third-order valence-electron chi connectivity index (χ3n) is 0. The van der Waals surface area contributed by atoms with Crippen LogP contribution in [0.5, 0.6) is 0 Å². The van der Waals surface area contributed by atoms with Gasteiger partial charge in [0.2, 0.25) is 0 Å². The second-order valence-electron chi connectivity index (χ2n) is 1.43. The summed E-state index contributed by atoms with van der Waals surface area (Å²) in [4.78, 5) is 0. The van der Waals surface area contributed by atoms with Crippen molar-refractivity contribution in [2.24, 2.45) is 0 Å². The van der Waals surface area contributed by atoms with Gasteiger partial charge in [-0.05, 0) is 0 Å². The van der Waals surface area contributed by atoms with E-state index in [1.807, 2.05) is 0 Å². The maximum absolute atomic E-state index is 2.58. The summed E-state index contributed by atoms with van der Waals surface area (Å²) in [5.41, 5.74) is 0. The van der Waals surface area contributed by atoms with Gasteiger partial charge in [-0.2, -0.15) is 0 Å². The zero-order valence-electron chi connectivity index (χ0n) is 2.89. The van der Waals surface area contributed by atoms with Crippen molar-refractivity contribution in [2.45, 2.75) is 0 Å². The molecule has 36 valence electrons. The molecule has 0 spiro atoms. The first-order chi connectivity index (χ1) is 2.24. The van der Waals surface area contributed by atoms with Crippen LogP contribution >= 0.6 is 85.9 Å². The molecule has 6 heteroatoms. The molecular formula is I5Na. The van der Waals surface area contributed by atoms with E-state index in [1.165, 1.54) is 0 Å². The van der Waals surface area contributed by atoms with E-state index in [4.69, 9.17) is 0 Å². The van der Waals surface area contributed by atoms with Gasteiger partial charge in [0, 0.05) is 0 Å². The normalized spacial score (nSPS) is 15.0. The van der Waals surface area contributed by atoms with Gasteiger partial charge in [-0.1, -0.05) is 0 Å². The quantitative estimate of drug-likeness (QED) is 0.273. The van der Waals surface area contributed by atoms with Crippen LogP contribution in [-0.2, 0) is 0 Å². The van der Waals surface area contributed by atoms with Crippen molar-refractivity contribution in [2.75, 3.05) is 0 Å². The summed E-state index contributed by atoms with van der Waals surface area (Å²) in [7, 11) is 0. The fourth-order valence-corrected chi connectivity index (χ4v) is 0. The first kappa shape index (κ1) is 10.7. The third-order valence-corrected chi connectivity index (χ3v) is 0. The molecule has 0 aliphatic heterocycles. The molecule has 0 fully saturated rings. The summed E-state index contributed by atoms with van der Waals surface area (Å²) in [6.07, 6.45) is 0. The van der Waals surface area contributed by atoms with Crippen LogP contribution in [0.4, 0.5) is 0 Å². The molecule has 0 aromatic heterocycles. The molecule has 0 unspecified atom stereocenters. The van der Waals surface area contributed by atoms with Crippen molar-refractivity contribution < 1.29 is 0 Å². The van der Waals surface area contributed by atoms with Crippen LogP contribution in [0.25, 0.3) is 0 Å². The van der Waals surface area contributed by atoms with Crippen molar-refractivity contribution in [3.63, 3.8) is 0 Å². The van der Waals surface area contributed by atoms with Crippen LogP contribution in [0.3, 0.4) is 0 Å². The molecule has 0 aromatic rings. The van der Waals surface area contributed by atoms with Crippen molar-refractivity contribution in [3.05, 3.63) is 0 Å². The summed E-state index contributed by atoms with van der Waals surface area (Å²) in [5.74, 6) is 0. The Morgan fingerprint density at radius 3 is 0.667 bits per heavy atom. The molecule has 0 saturated heterocycles. The number of rotatable bonds is 0. The molecule has 0 bridgehead atoms. The molecular weight excluding hydrogens is 658 g/mol. The SMILES string of the molecule is [I][Na]([I])([I])([I])[I]. The Balaban J connectivity index is 3.73. The molecule has 0 rings (SSSR count). The molecule has 6 heavy (non-hydrogen) atoms. The third kappa shape index (κ3) is 23.4. The van der Waals surface area contributed by atoms with Crippen molar-refractivity contribution in [1.29, 1.82) is 0 Å². The first-order valence-electron chi connectivity index (χ1n) is 1.89. The van der Waals surface area contributed by atoms with Gasteiger partial charge >= 0.3 is 84.8 Å². The zero-order chi connectivity index (χ0) is 5.45. The fourth-order valence-electron chi connectivity index (χ4n) is 0. The molecule has 0 atom stereocenters. The van der Waals surface area contributed by atoms with Gasteiger partial charge in [0.15, 0.2) is 0 Å². The topological polar surface area (TPSA) is 0 Å². The molecule has 0 heterocycles.